The SMILES string of the molecule is COc1ccc([C@H]2C(C(=O)Nc3ccccc3)=C(C)N=c3s/c(=C/c4cccc(OC)c4O)c(=O)n32)cc1. The normalized spacial score (nSPS) is 15.0. The van der Waals surface area contributed by atoms with Crippen LogP contribution in [0.5, 0.6) is 17.2 Å². The standard InChI is InChI=1S/C29H25N3O5S/c1-17-24(27(34)31-20-9-5-4-6-10-20)25(18-12-14-21(36-2)15-13-18)32-28(35)23(38-29(32)30-17)16-19-8-7-11-22(37-3)26(19)33/h4-16,25,33H,1-3H3,(H,31,34)/b23-16+/t25-/m0/s1. The third-order valence-electron chi connectivity index (χ3n) is 6.27. The van der Waals surface area contributed by atoms with Gasteiger partial charge in [-0.25, -0.2) is 4.99 Å². The molecular weight excluding hydrogens is 502 g/mol. The van der Waals surface area contributed by atoms with Crippen LogP contribution in [0.15, 0.2) is 93.9 Å². The van der Waals surface area contributed by atoms with Gasteiger partial charge in [-0.15, -0.1) is 0 Å². The summed E-state index contributed by atoms with van der Waals surface area (Å²) >= 11 is 1.19. The monoisotopic (exact) mass is 527 g/mol. The summed E-state index contributed by atoms with van der Waals surface area (Å²) in [5, 5.41) is 13.5. The van der Waals surface area contributed by atoms with E-state index in [0.29, 0.717) is 43.4 Å². The molecule has 0 saturated heterocycles. The maximum Gasteiger partial charge on any atom is 0.271 e. The minimum Gasteiger partial charge on any atom is -0.504 e. The van der Waals surface area contributed by atoms with Crippen LogP contribution in [0.3, 0.4) is 0 Å². The van der Waals surface area contributed by atoms with Crippen molar-refractivity contribution >= 4 is 29.0 Å². The highest BCUT2D eigenvalue weighted by atomic mass is 32.1. The number of amides is 1. The average Bonchev–Trinajstić information content (AvgIpc) is 3.23. The second-order valence-corrected chi connectivity index (χ2v) is 9.58. The summed E-state index contributed by atoms with van der Waals surface area (Å²) in [6.07, 6.45) is 1.61. The highest BCUT2D eigenvalue weighted by Gasteiger charge is 2.32. The fourth-order valence-corrected chi connectivity index (χ4v) is 5.43. The van der Waals surface area contributed by atoms with Crippen molar-refractivity contribution in [1.29, 1.82) is 0 Å². The Bertz CT molecular complexity index is 1720. The number of aromatic nitrogens is 1. The van der Waals surface area contributed by atoms with Crippen LogP contribution >= 0.6 is 11.3 Å². The van der Waals surface area contributed by atoms with E-state index in [1.54, 1.807) is 62.6 Å². The van der Waals surface area contributed by atoms with Crippen molar-refractivity contribution in [2.45, 2.75) is 13.0 Å². The number of hydrogen-bond donors (Lipinski definition) is 2. The lowest BCUT2D eigenvalue weighted by Gasteiger charge is -2.25. The van der Waals surface area contributed by atoms with E-state index in [-0.39, 0.29) is 17.2 Å². The van der Waals surface area contributed by atoms with E-state index in [2.05, 4.69) is 10.3 Å². The van der Waals surface area contributed by atoms with E-state index >= 15 is 0 Å². The van der Waals surface area contributed by atoms with Crippen LogP contribution in [0.2, 0.25) is 0 Å². The highest BCUT2D eigenvalue weighted by Crippen LogP contribution is 2.32. The molecular formula is C29H25N3O5S. The van der Waals surface area contributed by atoms with Crippen LogP contribution < -0.4 is 29.7 Å². The number of nitrogens with zero attached hydrogens (tertiary/aromatic N) is 2. The molecule has 2 N–H and O–H groups in total. The number of anilines is 1. The number of carbonyl (C=O) groups is 1. The number of ether oxygens (including phenoxy) is 2. The molecule has 1 aromatic heterocycles. The van der Waals surface area contributed by atoms with Crippen LogP contribution in [-0.2, 0) is 4.79 Å². The van der Waals surface area contributed by atoms with Gasteiger partial charge in [-0.3, -0.25) is 14.2 Å². The number of aromatic hydroxyl groups is 1. The van der Waals surface area contributed by atoms with Gasteiger partial charge in [-0.2, -0.15) is 0 Å². The van der Waals surface area contributed by atoms with Gasteiger partial charge in [-0.1, -0.05) is 53.8 Å². The molecule has 0 fully saturated rings. The smallest absolute Gasteiger partial charge is 0.271 e. The first-order chi connectivity index (χ1) is 18.4. The molecule has 38 heavy (non-hydrogen) atoms. The molecule has 1 amide bonds. The Hall–Kier alpha value is -4.63. The molecule has 0 saturated carbocycles. The second kappa shape index (κ2) is 10.4. The summed E-state index contributed by atoms with van der Waals surface area (Å²) in [5.41, 5.74) is 2.36. The zero-order valence-corrected chi connectivity index (χ0v) is 21.8. The molecule has 192 valence electrons. The van der Waals surface area contributed by atoms with Crippen LogP contribution in [-0.4, -0.2) is 29.8 Å². The number of fused-ring (bicyclic) bond motifs is 1. The first-order valence-corrected chi connectivity index (χ1v) is 12.6. The van der Waals surface area contributed by atoms with Crippen LogP contribution in [0.1, 0.15) is 24.1 Å². The number of benzene rings is 3. The molecule has 0 aliphatic carbocycles. The Morgan fingerprint density at radius 3 is 2.45 bits per heavy atom. The number of rotatable bonds is 6. The molecule has 5 rings (SSSR count). The Labute approximate surface area is 222 Å². The first kappa shape index (κ1) is 25.0. The van der Waals surface area contributed by atoms with Crippen molar-refractivity contribution in [2.24, 2.45) is 4.99 Å². The average molecular weight is 528 g/mol. The van der Waals surface area contributed by atoms with E-state index in [9.17, 15) is 14.7 Å². The second-order valence-electron chi connectivity index (χ2n) is 8.57. The summed E-state index contributed by atoms with van der Waals surface area (Å²) in [4.78, 5) is 32.5. The van der Waals surface area contributed by atoms with Gasteiger partial charge in [-0.05, 0) is 48.9 Å². The lowest BCUT2D eigenvalue weighted by atomic mass is 9.95. The first-order valence-electron chi connectivity index (χ1n) is 11.8. The van der Waals surface area contributed by atoms with E-state index in [4.69, 9.17) is 9.47 Å². The molecule has 0 radical (unpaired) electrons. The molecule has 4 aromatic rings. The van der Waals surface area contributed by atoms with Crippen molar-refractivity contribution in [1.82, 2.24) is 4.57 Å². The number of thiazole rings is 1. The minimum absolute atomic E-state index is 0.0633. The maximum atomic E-state index is 13.8. The van der Waals surface area contributed by atoms with E-state index in [1.807, 2.05) is 30.3 Å². The molecule has 8 nitrogen and oxygen atoms in total. The van der Waals surface area contributed by atoms with E-state index in [0.717, 1.165) is 5.56 Å². The van der Waals surface area contributed by atoms with Gasteiger partial charge in [0.1, 0.15) is 5.75 Å². The van der Waals surface area contributed by atoms with Crippen molar-refractivity contribution in [2.75, 3.05) is 19.5 Å². The number of nitrogens with one attached hydrogen (secondary N) is 1. The number of para-hydroxylation sites is 2. The third-order valence-corrected chi connectivity index (χ3v) is 7.25. The largest absolute Gasteiger partial charge is 0.504 e. The van der Waals surface area contributed by atoms with Crippen LogP contribution in [0, 0.1) is 0 Å². The summed E-state index contributed by atoms with van der Waals surface area (Å²) in [5.74, 6) is 0.550. The number of phenolic OH excluding ortho intramolecular Hbond substituents is 1. The van der Waals surface area contributed by atoms with Gasteiger partial charge in [0.25, 0.3) is 11.5 Å². The zero-order valence-electron chi connectivity index (χ0n) is 21.0. The number of carbonyl (C=O) groups excluding carboxylic acids is 1. The molecule has 2 heterocycles. The fraction of sp³-hybridized carbons (Fsp3) is 0.138. The Balaban J connectivity index is 1.68. The molecule has 1 aliphatic heterocycles. The van der Waals surface area contributed by atoms with Gasteiger partial charge in [0.05, 0.1) is 36.1 Å². The summed E-state index contributed by atoms with van der Waals surface area (Å²) < 4.78 is 12.4. The van der Waals surface area contributed by atoms with Crippen molar-refractivity contribution in [3.63, 3.8) is 0 Å². The Morgan fingerprint density at radius 2 is 1.76 bits per heavy atom. The van der Waals surface area contributed by atoms with Crippen LogP contribution in [0.25, 0.3) is 6.08 Å². The topological polar surface area (TPSA) is 102 Å². The van der Waals surface area contributed by atoms with Crippen LogP contribution in [0.4, 0.5) is 5.69 Å². The van der Waals surface area contributed by atoms with E-state index < -0.39 is 6.04 Å². The predicted octanol–water partition coefficient (Wildman–Crippen LogP) is 3.60. The summed E-state index contributed by atoms with van der Waals surface area (Å²) in [7, 11) is 3.04. The van der Waals surface area contributed by atoms with Gasteiger partial charge in [0.2, 0.25) is 0 Å². The lowest BCUT2D eigenvalue weighted by molar-refractivity contribution is -0.113. The summed E-state index contributed by atoms with van der Waals surface area (Å²) in [6, 6.07) is 20.7. The maximum absolute atomic E-state index is 13.8. The van der Waals surface area contributed by atoms with Crippen molar-refractivity contribution in [3.05, 3.63) is 115 Å². The molecule has 0 bridgehead atoms. The third kappa shape index (κ3) is 4.59. The Morgan fingerprint density at radius 1 is 1.03 bits per heavy atom. The molecule has 0 unspecified atom stereocenters. The molecule has 1 atom stereocenters. The van der Waals surface area contributed by atoms with Gasteiger partial charge in [0, 0.05) is 11.3 Å². The number of methoxy groups -OCH3 is 2. The highest BCUT2D eigenvalue weighted by molar-refractivity contribution is 7.07. The fourth-order valence-electron chi connectivity index (χ4n) is 4.40. The Kier molecular flexibility index (Phi) is 6.85. The number of hydrogen-bond acceptors (Lipinski definition) is 7. The summed E-state index contributed by atoms with van der Waals surface area (Å²) in [6.45, 7) is 1.77. The van der Waals surface area contributed by atoms with Gasteiger partial charge in [0.15, 0.2) is 16.3 Å². The quantitative estimate of drug-likeness (QED) is 0.399. The minimum atomic E-state index is -0.720. The predicted molar refractivity (Wildman–Crippen MR) is 146 cm³/mol. The van der Waals surface area contributed by atoms with Crippen molar-refractivity contribution in [3.8, 4) is 17.2 Å². The van der Waals surface area contributed by atoms with E-state index in [1.165, 1.54) is 23.0 Å². The van der Waals surface area contributed by atoms with Gasteiger partial charge < -0.3 is 19.9 Å². The van der Waals surface area contributed by atoms with Crippen molar-refractivity contribution < 1.29 is 19.4 Å². The zero-order chi connectivity index (χ0) is 26.8. The van der Waals surface area contributed by atoms with Gasteiger partial charge >= 0.3 is 0 Å². The molecule has 9 heteroatoms. The molecule has 3 aromatic carbocycles. The number of allylic oxidation sites excluding steroid dienone is 1. The lowest BCUT2D eigenvalue weighted by Crippen LogP contribution is -2.40. The number of phenols is 1. The molecule has 1 aliphatic rings. The molecule has 0 spiro atoms.